The Bertz CT molecular complexity index is 269. The van der Waals surface area contributed by atoms with E-state index in [1.54, 1.807) is 6.07 Å². The van der Waals surface area contributed by atoms with Gasteiger partial charge in [-0.15, -0.1) is 11.3 Å². The molecule has 0 atom stereocenters. The van der Waals surface area contributed by atoms with E-state index in [-0.39, 0.29) is 0 Å². The van der Waals surface area contributed by atoms with Crippen molar-refractivity contribution >= 4 is 28.6 Å². The van der Waals surface area contributed by atoms with Crippen molar-refractivity contribution in [2.24, 2.45) is 5.16 Å². The molecule has 60 valence electrons. The smallest absolute Gasteiger partial charge is 0.0964 e. The first kappa shape index (κ1) is 8.56. The summed E-state index contributed by atoms with van der Waals surface area (Å²) in [5.41, 5.74) is 0.682. The van der Waals surface area contributed by atoms with Crippen LogP contribution in [0.3, 0.4) is 0 Å². The van der Waals surface area contributed by atoms with Gasteiger partial charge in [-0.25, -0.2) is 0 Å². The normalized spacial score (nSPS) is 12.0. The molecule has 0 saturated heterocycles. The van der Waals surface area contributed by atoms with Crippen LogP contribution in [-0.4, -0.2) is 10.9 Å². The predicted molar refractivity (Wildman–Crippen MR) is 47.9 cm³/mol. The predicted octanol–water partition coefficient (Wildman–Crippen LogP) is 2.99. The fraction of sp³-hybridized carbons (Fsp3) is 0.286. The van der Waals surface area contributed by atoms with E-state index >= 15 is 0 Å². The number of rotatable bonds is 2. The Balaban J connectivity index is 2.91. The molecule has 0 amide bonds. The van der Waals surface area contributed by atoms with Crippen molar-refractivity contribution in [3.63, 3.8) is 0 Å². The van der Waals surface area contributed by atoms with Crippen molar-refractivity contribution in [1.82, 2.24) is 0 Å². The Kier molecular flexibility index (Phi) is 2.91. The van der Waals surface area contributed by atoms with Gasteiger partial charge in [0.1, 0.15) is 0 Å². The minimum Gasteiger partial charge on any atom is -0.411 e. The zero-order chi connectivity index (χ0) is 8.27. The number of hydrogen-bond acceptors (Lipinski definition) is 3. The molecule has 0 fully saturated rings. The molecular weight excluding hydrogens is 182 g/mol. The minimum atomic E-state index is 0.682. The highest BCUT2D eigenvalue weighted by Crippen LogP contribution is 2.22. The number of halogens is 1. The second kappa shape index (κ2) is 3.74. The first-order chi connectivity index (χ1) is 5.27. The molecule has 1 heterocycles. The first-order valence-electron chi connectivity index (χ1n) is 3.24. The molecule has 0 radical (unpaired) electrons. The summed E-state index contributed by atoms with van der Waals surface area (Å²) in [7, 11) is 0. The van der Waals surface area contributed by atoms with Gasteiger partial charge in [0.05, 0.1) is 14.9 Å². The highest BCUT2D eigenvalue weighted by atomic mass is 35.5. The molecule has 0 aliphatic rings. The average molecular weight is 190 g/mol. The Hall–Kier alpha value is -0.540. The summed E-state index contributed by atoms with van der Waals surface area (Å²) < 4.78 is 0.717. The summed E-state index contributed by atoms with van der Waals surface area (Å²) in [6, 6.07) is 3.65. The maximum atomic E-state index is 8.54. The monoisotopic (exact) mass is 189 g/mol. The van der Waals surface area contributed by atoms with Gasteiger partial charge in [0.15, 0.2) is 0 Å². The van der Waals surface area contributed by atoms with Gasteiger partial charge < -0.3 is 5.21 Å². The van der Waals surface area contributed by atoms with E-state index in [2.05, 4.69) is 5.16 Å². The third-order valence-corrected chi connectivity index (χ3v) is 2.59. The zero-order valence-electron chi connectivity index (χ0n) is 6.04. The topological polar surface area (TPSA) is 32.6 Å². The average Bonchev–Trinajstić information content (AvgIpc) is 2.39. The Labute approximate surface area is 74.1 Å². The molecule has 2 nitrogen and oxygen atoms in total. The lowest BCUT2D eigenvalue weighted by atomic mass is 10.2. The van der Waals surface area contributed by atoms with E-state index in [1.165, 1.54) is 11.3 Å². The maximum absolute atomic E-state index is 8.54. The Morgan fingerprint density at radius 3 is 2.82 bits per heavy atom. The van der Waals surface area contributed by atoms with Crippen molar-refractivity contribution in [3.8, 4) is 0 Å². The number of hydrogen-bond donors (Lipinski definition) is 1. The summed E-state index contributed by atoms with van der Waals surface area (Å²) in [4.78, 5) is 0.931. The third kappa shape index (κ3) is 1.94. The van der Waals surface area contributed by atoms with Gasteiger partial charge in [-0.1, -0.05) is 23.7 Å². The molecular formula is C7H8ClNOS. The molecule has 0 aliphatic heterocycles. The quantitative estimate of drug-likeness (QED) is 0.433. The van der Waals surface area contributed by atoms with Crippen LogP contribution in [0.2, 0.25) is 4.34 Å². The molecule has 1 aromatic heterocycles. The molecule has 0 spiro atoms. The molecule has 11 heavy (non-hydrogen) atoms. The lowest BCUT2D eigenvalue weighted by molar-refractivity contribution is 0.318. The summed E-state index contributed by atoms with van der Waals surface area (Å²) in [5, 5.41) is 11.7. The SMILES string of the molecule is CCC(=NO)c1ccc(Cl)s1. The van der Waals surface area contributed by atoms with Crippen molar-refractivity contribution < 1.29 is 5.21 Å². The van der Waals surface area contributed by atoms with Crippen LogP contribution in [0.1, 0.15) is 18.2 Å². The second-order valence-corrected chi connectivity index (χ2v) is 3.72. The van der Waals surface area contributed by atoms with Gasteiger partial charge >= 0.3 is 0 Å². The van der Waals surface area contributed by atoms with Crippen LogP contribution >= 0.6 is 22.9 Å². The third-order valence-electron chi connectivity index (χ3n) is 1.31. The van der Waals surface area contributed by atoms with E-state index in [1.807, 2.05) is 13.0 Å². The van der Waals surface area contributed by atoms with Crippen LogP contribution < -0.4 is 0 Å². The van der Waals surface area contributed by atoms with Crippen molar-refractivity contribution in [2.75, 3.05) is 0 Å². The van der Waals surface area contributed by atoms with Crippen LogP contribution in [0.5, 0.6) is 0 Å². The van der Waals surface area contributed by atoms with Gasteiger partial charge in [-0.3, -0.25) is 0 Å². The number of nitrogens with zero attached hydrogens (tertiary/aromatic N) is 1. The molecule has 1 N–H and O–H groups in total. The summed E-state index contributed by atoms with van der Waals surface area (Å²) in [6.45, 7) is 1.93. The van der Waals surface area contributed by atoms with Crippen LogP contribution in [0.15, 0.2) is 17.3 Å². The molecule has 0 bridgehead atoms. The van der Waals surface area contributed by atoms with Gasteiger partial charge in [-0.2, -0.15) is 0 Å². The second-order valence-electron chi connectivity index (χ2n) is 2.00. The lowest BCUT2D eigenvalue weighted by Gasteiger charge is -1.93. The highest BCUT2D eigenvalue weighted by molar-refractivity contribution is 7.18. The van der Waals surface area contributed by atoms with E-state index in [0.717, 1.165) is 9.21 Å². The van der Waals surface area contributed by atoms with E-state index < -0.39 is 0 Å². The summed E-state index contributed by atoms with van der Waals surface area (Å²) in [5.74, 6) is 0. The van der Waals surface area contributed by atoms with Crippen LogP contribution in [0.4, 0.5) is 0 Å². The molecule has 0 unspecified atom stereocenters. The maximum Gasteiger partial charge on any atom is 0.0964 e. The van der Waals surface area contributed by atoms with Gasteiger partial charge in [0, 0.05) is 0 Å². The molecule has 0 aromatic carbocycles. The summed E-state index contributed by atoms with van der Waals surface area (Å²) >= 11 is 7.12. The lowest BCUT2D eigenvalue weighted by Crippen LogP contribution is -1.93. The van der Waals surface area contributed by atoms with E-state index in [4.69, 9.17) is 16.8 Å². The standard InChI is InChI=1S/C7H8ClNOS/c1-2-5(9-10)6-3-4-7(8)11-6/h3-4,10H,2H2,1H3. The van der Waals surface area contributed by atoms with Crippen LogP contribution in [-0.2, 0) is 0 Å². The Morgan fingerprint density at radius 1 is 1.73 bits per heavy atom. The summed E-state index contributed by atoms with van der Waals surface area (Å²) in [6.07, 6.45) is 0.716. The van der Waals surface area contributed by atoms with Gasteiger partial charge in [0.2, 0.25) is 0 Å². The fourth-order valence-corrected chi connectivity index (χ4v) is 1.86. The van der Waals surface area contributed by atoms with E-state index in [9.17, 15) is 0 Å². The molecule has 1 rings (SSSR count). The zero-order valence-corrected chi connectivity index (χ0v) is 7.61. The Morgan fingerprint density at radius 2 is 2.45 bits per heavy atom. The molecule has 1 aromatic rings. The first-order valence-corrected chi connectivity index (χ1v) is 4.44. The van der Waals surface area contributed by atoms with Crippen LogP contribution in [0.25, 0.3) is 0 Å². The largest absolute Gasteiger partial charge is 0.411 e. The fourth-order valence-electron chi connectivity index (χ4n) is 0.764. The van der Waals surface area contributed by atoms with Gasteiger partial charge in [0.25, 0.3) is 0 Å². The molecule has 0 aliphatic carbocycles. The van der Waals surface area contributed by atoms with Crippen molar-refractivity contribution in [1.29, 1.82) is 0 Å². The van der Waals surface area contributed by atoms with Crippen LogP contribution in [0, 0.1) is 0 Å². The van der Waals surface area contributed by atoms with Crippen molar-refractivity contribution in [2.45, 2.75) is 13.3 Å². The highest BCUT2D eigenvalue weighted by Gasteiger charge is 2.03. The van der Waals surface area contributed by atoms with Crippen molar-refractivity contribution in [3.05, 3.63) is 21.3 Å². The number of oxime groups is 1. The number of thiophene rings is 1. The minimum absolute atomic E-state index is 0.682. The molecule has 0 saturated carbocycles. The molecule has 4 heteroatoms. The van der Waals surface area contributed by atoms with Gasteiger partial charge in [-0.05, 0) is 18.6 Å². The van der Waals surface area contributed by atoms with E-state index in [0.29, 0.717) is 12.1 Å².